The third-order valence-corrected chi connectivity index (χ3v) is 5.45. The van der Waals surface area contributed by atoms with Crippen LogP contribution in [0.25, 0.3) is 10.9 Å². The average molecular weight is 447 g/mol. The van der Waals surface area contributed by atoms with E-state index in [0.29, 0.717) is 23.0 Å². The van der Waals surface area contributed by atoms with Crippen LogP contribution in [0.3, 0.4) is 0 Å². The number of aromatic nitrogens is 6. The van der Waals surface area contributed by atoms with E-state index in [0.717, 1.165) is 22.3 Å². The SMILES string of the molecule is CNc1nc2ccc(C(=O)N(Cc3ccc(OC)nn3)C(C)c3ncn(C)n3)cc2cc1C. The fourth-order valence-corrected chi connectivity index (χ4v) is 3.62. The maximum absolute atomic E-state index is 13.7. The van der Waals surface area contributed by atoms with Crippen LogP contribution < -0.4 is 10.1 Å². The van der Waals surface area contributed by atoms with E-state index < -0.39 is 0 Å². The van der Waals surface area contributed by atoms with Gasteiger partial charge in [0.05, 0.1) is 30.9 Å². The standard InChI is InChI=1S/C23H26N8O2/c1-14-10-17-11-16(6-8-19(17)26-21(14)24-3)23(32)31(15(2)22-25-13-30(4)29-22)12-18-7-9-20(33-5)28-27-18/h6-11,13,15H,12H2,1-5H3,(H,24,26). The minimum Gasteiger partial charge on any atom is -0.480 e. The summed E-state index contributed by atoms with van der Waals surface area (Å²) in [5, 5.41) is 16.6. The van der Waals surface area contributed by atoms with Gasteiger partial charge in [-0.05, 0) is 49.7 Å². The van der Waals surface area contributed by atoms with Crippen molar-refractivity contribution in [3.63, 3.8) is 0 Å². The van der Waals surface area contributed by atoms with Gasteiger partial charge >= 0.3 is 0 Å². The van der Waals surface area contributed by atoms with E-state index in [1.54, 1.807) is 41.2 Å². The molecule has 170 valence electrons. The van der Waals surface area contributed by atoms with Gasteiger partial charge in [0.2, 0.25) is 5.88 Å². The number of fused-ring (bicyclic) bond motifs is 1. The first kappa shape index (κ1) is 22.1. The number of aryl methyl sites for hydroxylation is 2. The van der Waals surface area contributed by atoms with Crippen LogP contribution >= 0.6 is 0 Å². The van der Waals surface area contributed by atoms with E-state index in [4.69, 9.17) is 4.74 Å². The number of hydrogen-bond donors (Lipinski definition) is 1. The molecular weight excluding hydrogens is 420 g/mol. The first-order valence-corrected chi connectivity index (χ1v) is 10.5. The molecule has 0 aliphatic rings. The Labute approximate surface area is 191 Å². The molecule has 3 aromatic heterocycles. The quantitative estimate of drug-likeness (QED) is 0.461. The Morgan fingerprint density at radius 2 is 2.03 bits per heavy atom. The lowest BCUT2D eigenvalue weighted by Crippen LogP contribution is -2.34. The summed E-state index contributed by atoms with van der Waals surface area (Å²) in [7, 11) is 5.17. The largest absolute Gasteiger partial charge is 0.480 e. The molecule has 33 heavy (non-hydrogen) atoms. The highest BCUT2D eigenvalue weighted by molar-refractivity contribution is 5.98. The predicted molar refractivity (Wildman–Crippen MR) is 124 cm³/mol. The molecule has 4 rings (SSSR count). The number of anilines is 1. The monoisotopic (exact) mass is 446 g/mol. The number of rotatable bonds is 7. The van der Waals surface area contributed by atoms with Gasteiger partial charge in [-0.2, -0.15) is 10.2 Å². The van der Waals surface area contributed by atoms with Gasteiger partial charge in [-0.3, -0.25) is 9.48 Å². The van der Waals surface area contributed by atoms with Gasteiger partial charge in [0.15, 0.2) is 5.82 Å². The average Bonchev–Trinajstić information content (AvgIpc) is 3.27. The smallest absolute Gasteiger partial charge is 0.254 e. The van der Waals surface area contributed by atoms with Crippen LogP contribution in [0.4, 0.5) is 5.82 Å². The molecule has 0 bridgehead atoms. The van der Waals surface area contributed by atoms with Crippen LogP contribution in [0.1, 0.15) is 40.4 Å². The summed E-state index contributed by atoms with van der Waals surface area (Å²) in [6, 6.07) is 10.7. The van der Waals surface area contributed by atoms with Crippen LogP contribution in [0.15, 0.2) is 42.7 Å². The zero-order valence-electron chi connectivity index (χ0n) is 19.3. The summed E-state index contributed by atoms with van der Waals surface area (Å²) in [4.78, 5) is 24.4. The normalized spacial score (nSPS) is 11.9. The topological polar surface area (TPSA) is 111 Å². The lowest BCUT2D eigenvalue weighted by Gasteiger charge is -2.27. The Kier molecular flexibility index (Phi) is 6.16. The van der Waals surface area contributed by atoms with Gasteiger partial charge < -0.3 is 15.0 Å². The molecule has 1 atom stereocenters. The second-order valence-electron chi connectivity index (χ2n) is 7.76. The molecule has 0 saturated carbocycles. The van der Waals surface area contributed by atoms with Gasteiger partial charge in [0.1, 0.15) is 12.1 Å². The van der Waals surface area contributed by atoms with E-state index in [2.05, 4.69) is 30.6 Å². The highest BCUT2D eigenvalue weighted by Gasteiger charge is 2.26. The zero-order valence-corrected chi connectivity index (χ0v) is 19.3. The second-order valence-corrected chi connectivity index (χ2v) is 7.76. The second kappa shape index (κ2) is 9.19. The molecule has 1 amide bonds. The molecule has 0 aliphatic heterocycles. The van der Waals surface area contributed by atoms with Gasteiger partial charge in [-0.1, -0.05) is 0 Å². The van der Waals surface area contributed by atoms with Crippen molar-refractivity contribution >= 4 is 22.6 Å². The van der Waals surface area contributed by atoms with Crippen molar-refractivity contribution in [3.8, 4) is 5.88 Å². The summed E-state index contributed by atoms with van der Waals surface area (Å²) in [6.45, 7) is 4.12. The van der Waals surface area contributed by atoms with E-state index >= 15 is 0 Å². The Morgan fingerprint density at radius 3 is 2.67 bits per heavy atom. The number of benzene rings is 1. The fraction of sp³-hybridized carbons (Fsp3) is 0.304. The van der Waals surface area contributed by atoms with Crippen molar-refractivity contribution < 1.29 is 9.53 Å². The third kappa shape index (κ3) is 4.59. The molecule has 0 radical (unpaired) electrons. The Hall–Kier alpha value is -4.08. The number of amides is 1. The van der Waals surface area contributed by atoms with Crippen molar-refractivity contribution in [1.82, 2.24) is 34.8 Å². The highest BCUT2D eigenvalue weighted by Crippen LogP contribution is 2.25. The lowest BCUT2D eigenvalue weighted by atomic mass is 10.1. The van der Waals surface area contributed by atoms with E-state index in [9.17, 15) is 4.79 Å². The van der Waals surface area contributed by atoms with Crippen molar-refractivity contribution in [3.05, 3.63) is 65.4 Å². The van der Waals surface area contributed by atoms with Crippen molar-refractivity contribution in [2.45, 2.75) is 26.4 Å². The molecule has 3 heterocycles. The lowest BCUT2D eigenvalue weighted by molar-refractivity contribution is 0.0663. The summed E-state index contributed by atoms with van der Waals surface area (Å²) in [6.07, 6.45) is 1.62. The Morgan fingerprint density at radius 1 is 1.21 bits per heavy atom. The molecule has 4 aromatic rings. The predicted octanol–water partition coefficient (Wildman–Crippen LogP) is 2.92. The van der Waals surface area contributed by atoms with Crippen LogP contribution in [0.5, 0.6) is 5.88 Å². The van der Waals surface area contributed by atoms with Gasteiger partial charge in [0, 0.05) is 31.1 Å². The van der Waals surface area contributed by atoms with E-state index in [1.165, 1.54) is 7.11 Å². The van der Waals surface area contributed by atoms with Crippen molar-refractivity contribution in [1.29, 1.82) is 0 Å². The molecule has 1 aromatic carbocycles. The summed E-state index contributed by atoms with van der Waals surface area (Å²) >= 11 is 0. The first-order chi connectivity index (χ1) is 15.9. The highest BCUT2D eigenvalue weighted by atomic mass is 16.5. The Balaban J connectivity index is 1.71. The third-order valence-electron chi connectivity index (χ3n) is 5.45. The van der Waals surface area contributed by atoms with Crippen LogP contribution in [0.2, 0.25) is 0 Å². The minimum absolute atomic E-state index is 0.162. The molecule has 0 fully saturated rings. The maximum Gasteiger partial charge on any atom is 0.254 e. The Bertz CT molecular complexity index is 1290. The molecule has 10 heteroatoms. The summed E-state index contributed by atoms with van der Waals surface area (Å²) in [5.41, 5.74) is 2.99. The van der Waals surface area contributed by atoms with Gasteiger partial charge in [-0.25, -0.2) is 9.97 Å². The number of pyridine rings is 1. The molecule has 0 saturated heterocycles. The van der Waals surface area contributed by atoms with Crippen LogP contribution in [-0.2, 0) is 13.6 Å². The first-order valence-electron chi connectivity index (χ1n) is 10.5. The molecule has 1 unspecified atom stereocenters. The maximum atomic E-state index is 13.7. The van der Waals surface area contributed by atoms with E-state index in [-0.39, 0.29) is 18.5 Å². The number of carbonyl (C=O) groups excluding carboxylic acids is 1. The van der Waals surface area contributed by atoms with Crippen molar-refractivity contribution in [2.24, 2.45) is 7.05 Å². The van der Waals surface area contributed by atoms with Gasteiger partial charge in [0.25, 0.3) is 5.91 Å². The van der Waals surface area contributed by atoms with E-state index in [1.807, 2.05) is 39.1 Å². The number of nitrogens with zero attached hydrogens (tertiary/aromatic N) is 7. The zero-order chi connectivity index (χ0) is 23.5. The number of nitrogens with one attached hydrogen (secondary N) is 1. The number of ether oxygens (including phenoxy) is 1. The molecule has 10 nitrogen and oxygen atoms in total. The van der Waals surface area contributed by atoms with Crippen LogP contribution in [0, 0.1) is 6.92 Å². The number of hydrogen-bond acceptors (Lipinski definition) is 8. The fourth-order valence-electron chi connectivity index (χ4n) is 3.62. The molecular formula is C23H26N8O2. The minimum atomic E-state index is -0.384. The molecule has 0 spiro atoms. The summed E-state index contributed by atoms with van der Waals surface area (Å²) in [5.74, 6) is 1.61. The molecule has 0 aliphatic carbocycles. The summed E-state index contributed by atoms with van der Waals surface area (Å²) < 4.78 is 6.71. The molecule has 1 N–H and O–H groups in total. The number of methoxy groups -OCH3 is 1. The van der Waals surface area contributed by atoms with Gasteiger partial charge in [-0.15, -0.1) is 5.10 Å². The number of carbonyl (C=O) groups is 1. The van der Waals surface area contributed by atoms with Crippen LogP contribution in [-0.4, -0.2) is 54.9 Å². The van der Waals surface area contributed by atoms with Crippen molar-refractivity contribution in [2.75, 3.05) is 19.5 Å².